The Morgan fingerprint density at radius 1 is 1.12 bits per heavy atom. The maximum Gasteiger partial charge on any atom is 0.412 e. The molecule has 0 saturated carbocycles. The molecule has 4 heterocycles. The smallest absolute Gasteiger partial charge is 0.412 e. The summed E-state index contributed by atoms with van der Waals surface area (Å²) in [5.41, 5.74) is 1.97. The molecule has 1 atom stereocenters. The summed E-state index contributed by atoms with van der Waals surface area (Å²) >= 11 is 0. The van der Waals surface area contributed by atoms with Gasteiger partial charge in [-0.2, -0.15) is 0 Å². The molecule has 1 aromatic carbocycles. The number of aryl methyl sites for hydroxylation is 1. The number of ether oxygens (including phenoxy) is 2. The number of nitrogens with one attached hydrogen (secondary N) is 2. The third-order valence-corrected chi connectivity index (χ3v) is 6.01. The zero-order valence-corrected chi connectivity index (χ0v) is 18.9. The van der Waals surface area contributed by atoms with E-state index >= 15 is 0 Å². The van der Waals surface area contributed by atoms with Crippen LogP contribution in [0.1, 0.15) is 17.8 Å². The molecule has 0 fully saturated rings. The molecule has 1 aliphatic rings. The highest BCUT2D eigenvalue weighted by Gasteiger charge is 2.19. The van der Waals surface area contributed by atoms with Crippen molar-refractivity contribution in [2.75, 3.05) is 24.4 Å². The van der Waals surface area contributed by atoms with Crippen LogP contribution < -0.4 is 15.4 Å². The average molecular weight is 459 g/mol. The van der Waals surface area contributed by atoms with Gasteiger partial charge in [0.05, 0.1) is 13.7 Å². The Hall–Kier alpha value is -4.14. The SMILES string of the molecule is COC(=O)Nc1nccc2c(NCc3ccc(OC[C@H]4CCn5ccnc5C4)nc3)cccc12. The first-order valence-electron chi connectivity index (χ1n) is 11.2. The van der Waals surface area contributed by atoms with Crippen LogP contribution >= 0.6 is 0 Å². The van der Waals surface area contributed by atoms with Crippen molar-refractivity contribution >= 4 is 28.4 Å². The number of hydrogen-bond acceptors (Lipinski definition) is 7. The van der Waals surface area contributed by atoms with Crippen molar-refractivity contribution in [1.82, 2.24) is 19.5 Å². The number of methoxy groups -OCH3 is 1. The Morgan fingerprint density at radius 3 is 2.91 bits per heavy atom. The quantitative estimate of drug-likeness (QED) is 0.427. The fourth-order valence-corrected chi connectivity index (χ4v) is 4.17. The molecule has 34 heavy (non-hydrogen) atoms. The van der Waals surface area contributed by atoms with Gasteiger partial charge in [0, 0.05) is 72.7 Å². The molecule has 4 aromatic rings. The van der Waals surface area contributed by atoms with Crippen LogP contribution in [0.5, 0.6) is 5.88 Å². The number of amides is 1. The molecule has 1 amide bonds. The van der Waals surface area contributed by atoms with Crippen LogP contribution in [0.3, 0.4) is 0 Å². The Kier molecular flexibility index (Phi) is 6.24. The second-order valence-corrected chi connectivity index (χ2v) is 8.24. The average Bonchev–Trinajstić information content (AvgIpc) is 3.35. The fraction of sp³-hybridized carbons (Fsp3) is 0.280. The Labute approximate surface area is 197 Å². The number of nitrogens with zero attached hydrogens (tertiary/aromatic N) is 4. The van der Waals surface area contributed by atoms with E-state index in [-0.39, 0.29) is 0 Å². The highest BCUT2D eigenvalue weighted by Crippen LogP contribution is 2.28. The van der Waals surface area contributed by atoms with Crippen molar-refractivity contribution in [3.63, 3.8) is 0 Å². The molecule has 1 aliphatic heterocycles. The summed E-state index contributed by atoms with van der Waals surface area (Å²) < 4.78 is 12.8. The normalized spacial score (nSPS) is 14.9. The number of pyridine rings is 2. The molecule has 5 rings (SSSR count). The Balaban J connectivity index is 1.19. The topological polar surface area (TPSA) is 103 Å². The van der Waals surface area contributed by atoms with Gasteiger partial charge >= 0.3 is 6.09 Å². The van der Waals surface area contributed by atoms with Crippen LogP contribution in [0.25, 0.3) is 10.8 Å². The van der Waals surface area contributed by atoms with Gasteiger partial charge in [-0.3, -0.25) is 5.32 Å². The molecule has 0 bridgehead atoms. The van der Waals surface area contributed by atoms with Gasteiger partial charge in [-0.1, -0.05) is 18.2 Å². The van der Waals surface area contributed by atoms with Gasteiger partial charge in [0.2, 0.25) is 5.88 Å². The number of benzene rings is 1. The van der Waals surface area contributed by atoms with Crippen molar-refractivity contribution in [2.45, 2.75) is 25.9 Å². The second-order valence-electron chi connectivity index (χ2n) is 8.24. The number of imidazole rings is 1. The van der Waals surface area contributed by atoms with Crippen molar-refractivity contribution in [1.29, 1.82) is 0 Å². The van der Waals surface area contributed by atoms with E-state index in [0.717, 1.165) is 47.2 Å². The van der Waals surface area contributed by atoms with E-state index in [1.54, 1.807) is 6.20 Å². The number of anilines is 2. The van der Waals surface area contributed by atoms with Crippen LogP contribution in [0, 0.1) is 5.92 Å². The number of rotatable bonds is 7. The maximum absolute atomic E-state index is 11.6. The van der Waals surface area contributed by atoms with E-state index in [4.69, 9.17) is 4.74 Å². The molecule has 0 saturated heterocycles. The van der Waals surface area contributed by atoms with Gasteiger partial charge in [-0.15, -0.1) is 0 Å². The minimum atomic E-state index is -0.554. The highest BCUT2D eigenvalue weighted by molar-refractivity contribution is 6.03. The van der Waals surface area contributed by atoms with Crippen LogP contribution in [-0.4, -0.2) is 39.3 Å². The van der Waals surface area contributed by atoms with E-state index in [2.05, 4.69) is 34.9 Å². The zero-order valence-electron chi connectivity index (χ0n) is 18.9. The third kappa shape index (κ3) is 4.78. The van der Waals surface area contributed by atoms with Crippen molar-refractivity contribution in [3.05, 3.63) is 72.6 Å². The van der Waals surface area contributed by atoms with E-state index in [1.807, 2.05) is 55.0 Å². The number of aromatic nitrogens is 4. The lowest BCUT2D eigenvalue weighted by molar-refractivity contribution is 0.187. The van der Waals surface area contributed by atoms with E-state index < -0.39 is 6.09 Å². The minimum absolute atomic E-state index is 0.456. The standard InChI is InChI=1S/C25H26N6O3/c1-33-25(32)30-24-20-3-2-4-21(19(20)7-9-27-24)28-14-18-5-6-23(29-15-18)34-16-17-8-11-31-12-10-26-22(31)13-17/h2-7,9-10,12,15,17,28H,8,11,13-14,16H2,1H3,(H,27,30,32)/t17-/m0/s1. The Morgan fingerprint density at radius 2 is 2.06 bits per heavy atom. The molecule has 9 nitrogen and oxygen atoms in total. The van der Waals surface area contributed by atoms with Crippen LogP contribution in [-0.2, 0) is 24.2 Å². The first kappa shape index (κ1) is 21.7. The molecule has 0 unspecified atom stereocenters. The maximum atomic E-state index is 11.6. The summed E-state index contributed by atoms with van der Waals surface area (Å²) in [6, 6.07) is 11.7. The summed E-state index contributed by atoms with van der Waals surface area (Å²) in [6.07, 6.45) is 8.85. The number of carbonyl (C=O) groups is 1. The molecule has 0 radical (unpaired) electrons. The van der Waals surface area contributed by atoms with Gasteiger partial charge in [0.25, 0.3) is 0 Å². The van der Waals surface area contributed by atoms with E-state index in [0.29, 0.717) is 30.8 Å². The lowest BCUT2D eigenvalue weighted by atomic mass is 9.99. The first-order valence-corrected chi connectivity index (χ1v) is 11.2. The predicted octanol–water partition coefficient (Wildman–Crippen LogP) is 4.26. The van der Waals surface area contributed by atoms with Gasteiger partial charge in [-0.25, -0.2) is 19.7 Å². The van der Waals surface area contributed by atoms with Crippen LogP contribution in [0.4, 0.5) is 16.3 Å². The van der Waals surface area contributed by atoms with Crippen molar-refractivity contribution in [3.8, 4) is 5.88 Å². The van der Waals surface area contributed by atoms with Gasteiger partial charge in [-0.05, 0) is 24.1 Å². The van der Waals surface area contributed by atoms with Gasteiger partial charge in [0.1, 0.15) is 11.6 Å². The summed E-state index contributed by atoms with van der Waals surface area (Å²) in [4.78, 5) is 24.8. The molecule has 0 spiro atoms. The lowest BCUT2D eigenvalue weighted by Crippen LogP contribution is -2.24. The number of hydrogen-bond donors (Lipinski definition) is 2. The molecule has 174 valence electrons. The van der Waals surface area contributed by atoms with Crippen molar-refractivity contribution < 1.29 is 14.3 Å². The molecular formula is C25H26N6O3. The summed E-state index contributed by atoms with van der Waals surface area (Å²) in [6.45, 7) is 2.23. The summed E-state index contributed by atoms with van der Waals surface area (Å²) in [7, 11) is 1.32. The first-order chi connectivity index (χ1) is 16.7. The number of carbonyl (C=O) groups excluding carboxylic acids is 1. The third-order valence-electron chi connectivity index (χ3n) is 6.01. The molecule has 9 heteroatoms. The minimum Gasteiger partial charge on any atom is -0.477 e. The molecule has 3 aromatic heterocycles. The molecular weight excluding hydrogens is 432 g/mol. The van der Waals surface area contributed by atoms with Crippen molar-refractivity contribution in [2.24, 2.45) is 5.92 Å². The zero-order chi connectivity index (χ0) is 23.3. The monoisotopic (exact) mass is 458 g/mol. The van der Waals surface area contributed by atoms with Gasteiger partial charge in [0.15, 0.2) is 0 Å². The second kappa shape index (κ2) is 9.78. The largest absolute Gasteiger partial charge is 0.477 e. The predicted molar refractivity (Wildman–Crippen MR) is 129 cm³/mol. The van der Waals surface area contributed by atoms with E-state index in [1.165, 1.54) is 7.11 Å². The highest BCUT2D eigenvalue weighted by atomic mass is 16.5. The van der Waals surface area contributed by atoms with Gasteiger partial charge < -0.3 is 19.4 Å². The summed E-state index contributed by atoms with van der Waals surface area (Å²) in [5.74, 6) is 2.68. The lowest BCUT2D eigenvalue weighted by Gasteiger charge is -2.23. The van der Waals surface area contributed by atoms with Crippen LogP contribution in [0.2, 0.25) is 0 Å². The molecule has 2 N–H and O–H groups in total. The summed E-state index contributed by atoms with van der Waals surface area (Å²) in [5, 5.41) is 7.87. The van der Waals surface area contributed by atoms with E-state index in [9.17, 15) is 4.79 Å². The molecule has 0 aliphatic carbocycles. The Bertz CT molecular complexity index is 1290. The van der Waals surface area contributed by atoms with Crippen LogP contribution in [0.15, 0.2) is 61.2 Å². The fourth-order valence-electron chi connectivity index (χ4n) is 4.17. The number of fused-ring (bicyclic) bond motifs is 2.